The second-order valence-electron chi connectivity index (χ2n) is 2.89. The molecule has 0 aliphatic rings. The summed E-state index contributed by atoms with van der Waals surface area (Å²) >= 11 is 0. The van der Waals surface area contributed by atoms with Gasteiger partial charge < -0.3 is 19.7 Å². The van der Waals surface area contributed by atoms with Gasteiger partial charge >= 0.3 is 11.9 Å². The fourth-order valence-electron chi connectivity index (χ4n) is 1.05. The molecular weight excluding hydrogens is 216 g/mol. The molecule has 0 aliphatic heterocycles. The van der Waals surface area contributed by atoms with E-state index in [1.54, 1.807) is 0 Å². The maximum atomic E-state index is 11.2. The van der Waals surface area contributed by atoms with Crippen LogP contribution in [0.3, 0.4) is 0 Å². The molecule has 0 aliphatic carbocycles. The molecular formula is C10H10O6. The smallest absolute Gasteiger partial charge is 0.341 e. The first-order valence-electron chi connectivity index (χ1n) is 4.30. The Morgan fingerprint density at radius 2 is 2.00 bits per heavy atom. The largest absolute Gasteiger partial charge is 0.508 e. The van der Waals surface area contributed by atoms with E-state index in [1.807, 2.05) is 0 Å². The average Bonchev–Trinajstić information content (AvgIpc) is 2.24. The topological polar surface area (TPSA) is 93.1 Å². The van der Waals surface area contributed by atoms with Gasteiger partial charge in [0.15, 0.2) is 6.61 Å². The Labute approximate surface area is 91.0 Å². The number of carboxylic acids is 1. The number of carboxylic acid groups (broad SMARTS) is 1. The summed E-state index contributed by atoms with van der Waals surface area (Å²) in [5, 5.41) is 17.7. The molecule has 1 aromatic rings. The molecule has 0 atom stereocenters. The number of hydrogen-bond acceptors (Lipinski definition) is 5. The lowest BCUT2D eigenvalue weighted by Gasteiger charge is -2.06. The van der Waals surface area contributed by atoms with E-state index in [0.29, 0.717) is 0 Å². The zero-order chi connectivity index (χ0) is 12.1. The molecule has 86 valence electrons. The van der Waals surface area contributed by atoms with E-state index in [-0.39, 0.29) is 17.1 Å². The zero-order valence-electron chi connectivity index (χ0n) is 8.47. The van der Waals surface area contributed by atoms with Gasteiger partial charge in [0, 0.05) is 6.07 Å². The molecule has 0 saturated carbocycles. The average molecular weight is 226 g/mol. The lowest BCUT2D eigenvalue weighted by Crippen LogP contribution is -2.10. The van der Waals surface area contributed by atoms with Crippen LogP contribution in [0.15, 0.2) is 18.2 Å². The summed E-state index contributed by atoms with van der Waals surface area (Å²) in [6, 6.07) is 3.68. The minimum absolute atomic E-state index is 0.0859. The number of hydrogen-bond donors (Lipinski definition) is 2. The van der Waals surface area contributed by atoms with Gasteiger partial charge in [0.1, 0.15) is 11.5 Å². The Balaban J connectivity index is 2.89. The molecule has 2 N–H and O–H groups in total. The number of rotatable bonds is 4. The van der Waals surface area contributed by atoms with Crippen molar-refractivity contribution in [3.63, 3.8) is 0 Å². The van der Waals surface area contributed by atoms with Gasteiger partial charge in [-0.3, -0.25) is 0 Å². The van der Waals surface area contributed by atoms with Crippen LogP contribution >= 0.6 is 0 Å². The minimum Gasteiger partial charge on any atom is -0.508 e. The number of phenolic OH excluding ortho intramolecular Hbond substituents is 1. The first kappa shape index (κ1) is 11.8. The van der Waals surface area contributed by atoms with E-state index in [9.17, 15) is 14.7 Å². The van der Waals surface area contributed by atoms with Crippen molar-refractivity contribution in [2.45, 2.75) is 0 Å². The second-order valence-corrected chi connectivity index (χ2v) is 2.89. The van der Waals surface area contributed by atoms with Crippen LogP contribution in [0.5, 0.6) is 11.5 Å². The number of aromatic hydroxyl groups is 1. The molecule has 0 amide bonds. The quantitative estimate of drug-likeness (QED) is 0.732. The Bertz CT molecular complexity index is 412. The normalized spacial score (nSPS) is 9.56. The Hall–Kier alpha value is -2.24. The van der Waals surface area contributed by atoms with Gasteiger partial charge in [-0.2, -0.15) is 0 Å². The summed E-state index contributed by atoms with van der Waals surface area (Å²) in [6.07, 6.45) is 0. The lowest BCUT2D eigenvalue weighted by molar-refractivity contribution is -0.139. The lowest BCUT2D eigenvalue weighted by atomic mass is 10.2. The Morgan fingerprint density at radius 1 is 1.31 bits per heavy atom. The van der Waals surface area contributed by atoms with Crippen LogP contribution in [0.2, 0.25) is 0 Å². The minimum atomic E-state index is -1.15. The highest BCUT2D eigenvalue weighted by Gasteiger charge is 2.10. The van der Waals surface area contributed by atoms with Crippen LogP contribution in [0, 0.1) is 0 Å². The molecule has 1 rings (SSSR count). The van der Waals surface area contributed by atoms with Gasteiger partial charge in [-0.05, 0) is 12.1 Å². The third-order valence-corrected chi connectivity index (χ3v) is 1.67. The number of phenols is 1. The van der Waals surface area contributed by atoms with E-state index in [0.717, 1.165) is 0 Å². The highest BCUT2D eigenvalue weighted by atomic mass is 16.5. The van der Waals surface area contributed by atoms with E-state index >= 15 is 0 Å². The fourth-order valence-corrected chi connectivity index (χ4v) is 1.05. The summed E-state index contributed by atoms with van der Waals surface area (Å²) in [6.45, 7) is -0.552. The van der Waals surface area contributed by atoms with Gasteiger partial charge in [0.2, 0.25) is 0 Å². The third-order valence-electron chi connectivity index (χ3n) is 1.67. The highest BCUT2D eigenvalue weighted by Crippen LogP contribution is 2.22. The maximum Gasteiger partial charge on any atom is 0.341 e. The number of carbonyl (C=O) groups is 2. The van der Waals surface area contributed by atoms with Crippen molar-refractivity contribution in [3.8, 4) is 11.5 Å². The number of carbonyl (C=O) groups excluding carboxylic acids is 1. The maximum absolute atomic E-state index is 11.2. The molecule has 0 heterocycles. The van der Waals surface area contributed by atoms with Gasteiger partial charge in [0.05, 0.1) is 12.7 Å². The monoisotopic (exact) mass is 226 g/mol. The molecule has 0 radical (unpaired) electrons. The SMILES string of the molecule is COC(=O)c1cc(O)cc(OCC(=O)O)c1. The van der Waals surface area contributed by atoms with Crippen molar-refractivity contribution in [3.05, 3.63) is 23.8 Å². The molecule has 16 heavy (non-hydrogen) atoms. The number of aliphatic carboxylic acids is 1. The predicted octanol–water partition coefficient (Wildman–Crippen LogP) is 0.642. The third kappa shape index (κ3) is 3.16. The number of benzene rings is 1. The Kier molecular flexibility index (Phi) is 3.71. The van der Waals surface area contributed by atoms with Crippen molar-refractivity contribution in [2.24, 2.45) is 0 Å². The van der Waals surface area contributed by atoms with Crippen LogP contribution in [0.1, 0.15) is 10.4 Å². The van der Waals surface area contributed by atoms with Crippen molar-refractivity contribution < 1.29 is 29.3 Å². The van der Waals surface area contributed by atoms with E-state index < -0.39 is 18.5 Å². The van der Waals surface area contributed by atoms with Crippen molar-refractivity contribution in [1.82, 2.24) is 0 Å². The summed E-state index contributed by atoms with van der Waals surface area (Å²) in [5.74, 6) is -1.91. The molecule has 1 aromatic carbocycles. The summed E-state index contributed by atoms with van der Waals surface area (Å²) in [7, 11) is 1.20. The zero-order valence-corrected chi connectivity index (χ0v) is 8.47. The van der Waals surface area contributed by atoms with Gasteiger partial charge in [-0.25, -0.2) is 9.59 Å². The number of ether oxygens (including phenoxy) is 2. The Morgan fingerprint density at radius 3 is 2.56 bits per heavy atom. The summed E-state index contributed by atoms with van der Waals surface area (Å²) in [4.78, 5) is 21.4. The van der Waals surface area contributed by atoms with E-state index in [2.05, 4.69) is 4.74 Å². The summed E-state index contributed by atoms with van der Waals surface area (Å²) in [5.41, 5.74) is 0.0860. The molecule has 0 spiro atoms. The van der Waals surface area contributed by atoms with Crippen molar-refractivity contribution in [2.75, 3.05) is 13.7 Å². The fraction of sp³-hybridized carbons (Fsp3) is 0.200. The molecule has 0 fully saturated rings. The number of esters is 1. The molecule has 0 saturated heterocycles. The number of methoxy groups -OCH3 is 1. The van der Waals surface area contributed by atoms with Gasteiger partial charge in [0.25, 0.3) is 0 Å². The summed E-state index contributed by atoms with van der Waals surface area (Å²) < 4.78 is 9.27. The van der Waals surface area contributed by atoms with Gasteiger partial charge in [-0.15, -0.1) is 0 Å². The van der Waals surface area contributed by atoms with Crippen LogP contribution in [-0.2, 0) is 9.53 Å². The van der Waals surface area contributed by atoms with Gasteiger partial charge in [-0.1, -0.05) is 0 Å². The second kappa shape index (κ2) is 5.01. The van der Waals surface area contributed by atoms with Crippen molar-refractivity contribution in [1.29, 1.82) is 0 Å². The van der Waals surface area contributed by atoms with Crippen LogP contribution in [0.4, 0.5) is 0 Å². The molecule has 0 aromatic heterocycles. The van der Waals surface area contributed by atoms with Crippen molar-refractivity contribution >= 4 is 11.9 Å². The highest BCUT2D eigenvalue weighted by molar-refractivity contribution is 5.90. The first-order chi connectivity index (χ1) is 7.52. The first-order valence-corrected chi connectivity index (χ1v) is 4.30. The predicted molar refractivity (Wildman–Crippen MR) is 52.6 cm³/mol. The molecule has 0 bridgehead atoms. The molecule has 6 nitrogen and oxygen atoms in total. The molecule has 0 unspecified atom stereocenters. The van der Waals surface area contributed by atoms with Crippen LogP contribution in [0.25, 0.3) is 0 Å². The van der Waals surface area contributed by atoms with E-state index in [4.69, 9.17) is 9.84 Å². The molecule has 6 heteroatoms. The van der Waals surface area contributed by atoms with Crippen LogP contribution in [-0.4, -0.2) is 35.9 Å². The van der Waals surface area contributed by atoms with Crippen LogP contribution < -0.4 is 4.74 Å². The standard InChI is InChI=1S/C10H10O6/c1-15-10(14)6-2-7(11)4-8(3-6)16-5-9(12)13/h2-4,11H,5H2,1H3,(H,12,13). The van der Waals surface area contributed by atoms with E-state index in [1.165, 1.54) is 25.3 Å².